The second-order valence-corrected chi connectivity index (χ2v) is 3.26. The summed E-state index contributed by atoms with van der Waals surface area (Å²) in [6, 6.07) is 0. The Morgan fingerprint density at radius 3 is 2.18 bits per heavy atom. The Morgan fingerprint density at radius 2 is 1.82 bits per heavy atom. The summed E-state index contributed by atoms with van der Waals surface area (Å²) in [5.41, 5.74) is 0. The molecule has 0 saturated carbocycles. The van der Waals surface area contributed by atoms with Crippen LogP contribution in [0.5, 0.6) is 0 Å². The molecule has 0 spiro atoms. The maximum Gasteiger partial charge on any atom is 0.306 e. The van der Waals surface area contributed by atoms with Gasteiger partial charge < -0.3 is 9.84 Å². The molecule has 0 bridgehead atoms. The highest BCUT2D eigenvalue weighted by Crippen LogP contribution is 2.24. The van der Waals surface area contributed by atoms with E-state index in [0.29, 0.717) is 12.8 Å². The Hall–Kier alpha value is -0.570. The Bertz CT molecular complexity index is 145. The third-order valence-corrected chi connectivity index (χ3v) is 2.05. The van der Waals surface area contributed by atoms with Gasteiger partial charge in [-0.05, 0) is 26.7 Å². The molecular formula is C8H14O3. The van der Waals surface area contributed by atoms with Gasteiger partial charge in [-0.25, -0.2) is 0 Å². The minimum Gasteiger partial charge on any atom is -0.481 e. The third kappa shape index (κ3) is 2.19. The smallest absolute Gasteiger partial charge is 0.306 e. The molecule has 1 fully saturated rings. The molecule has 3 heteroatoms. The number of aliphatic carboxylic acids is 1. The van der Waals surface area contributed by atoms with Gasteiger partial charge >= 0.3 is 5.97 Å². The van der Waals surface area contributed by atoms with Crippen molar-refractivity contribution in [2.45, 2.75) is 38.9 Å². The minimum absolute atomic E-state index is 0.0971. The Kier molecular flexibility index (Phi) is 2.49. The summed E-state index contributed by atoms with van der Waals surface area (Å²) in [6.45, 7) is 3.84. The van der Waals surface area contributed by atoms with E-state index >= 15 is 0 Å². The molecule has 3 atom stereocenters. The normalized spacial score (nSPS) is 38.5. The van der Waals surface area contributed by atoms with Crippen LogP contribution in [0.2, 0.25) is 0 Å². The molecular weight excluding hydrogens is 144 g/mol. The zero-order chi connectivity index (χ0) is 8.43. The van der Waals surface area contributed by atoms with E-state index in [2.05, 4.69) is 0 Å². The van der Waals surface area contributed by atoms with Crippen LogP contribution in [0.4, 0.5) is 0 Å². The molecule has 1 aliphatic rings. The van der Waals surface area contributed by atoms with Crippen molar-refractivity contribution in [3.63, 3.8) is 0 Å². The lowest BCUT2D eigenvalue weighted by molar-refractivity contribution is -0.149. The molecule has 1 N–H and O–H groups in total. The van der Waals surface area contributed by atoms with Gasteiger partial charge in [0.25, 0.3) is 0 Å². The van der Waals surface area contributed by atoms with Crippen molar-refractivity contribution in [3.8, 4) is 0 Å². The Labute approximate surface area is 66.4 Å². The number of ether oxygens (including phenoxy) is 1. The van der Waals surface area contributed by atoms with Gasteiger partial charge in [0.05, 0.1) is 18.1 Å². The quantitative estimate of drug-likeness (QED) is 0.625. The van der Waals surface area contributed by atoms with Gasteiger partial charge in [0.1, 0.15) is 0 Å². The van der Waals surface area contributed by atoms with Crippen molar-refractivity contribution in [1.82, 2.24) is 0 Å². The van der Waals surface area contributed by atoms with Crippen LogP contribution < -0.4 is 0 Å². The van der Waals surface area contributed by atoms with Gasteiger partial charge in [0, 0.05) is 0 Å². The highest BCUT2D eigenvalue weighted by molar-refractivity contribution is 5.70. The van der Waals surface area contributed by atoms with Crippen molar-refractivity contribution in [2.75, 3.05) is 0 Å². The van der Waals surface area contributed by atoms with E-state index in [4.69, 9.17) is 9.84 Å². The van der Waals surface area contributed by atoms with Gasteiger partial charge in [-0.2, -0.15) is 0 Å². The van der Waals surface area contributed by atoms with Crippen LogP contribution in [0.25, 0.3) is 0 Å². The lowest BCUT2D eigenvalue weighted by Gasteiger charge is -2.29. The molecule has 0 aromatic rings. The van der Waals surface area contributed by atoms with Crippen molar-refractivity contribution >= 4 is 5.97 Å². The number of carbonyl (C=O) groups is 1. The molecule has 1 heterocycles. The molecule has 0 aromatic heterocycles. The van der Waals surface area contributed by atoms with Gasteiger partial charge in [0.2, 0.25) is 0 Å². The molecule has 1 rings (SSSR count). The summed E-state index contributed by atoms with van der Waals surface area (Å²) in [5, 5.41) is 8.72. The molecule has 0 radical (unpaired) electrons. The number of rotatable bonds is 1. The zero-order valence-corrected chi connectivity index (χ0v) is 6.91. The monoisotopic (exact) mass is 158 g/mol. The molecule has 0 aliphatic carbocycles. The summed E-state index contributed by atoms with van der Waals surface area (Å²) in [6.07, 6.45) is 1.50. The first-order valence-electron chi connectivity index (χ1n) is 3.98. The van der Waals surface area contributed by atoms with E-state index in [0.717, 1.165) is 0 Å². The molecule has 1 saturated heterocycles. The lowest BCUT2D eigenvalue weighted by atomic mass is 9.93. The highest BCUT2D eigenvalue weighted by atomic mass is 16.5. The topological polar surface area (TPSA) is 46.5 Å². The summed E-state index contributed by atoms with van der Waals surface area (Å²) in [4.78, 5) is 10.6. The summed E-state index contributed by atoms with van der Waals surface area (Å²) in [5.74, 6) is -0.888. The van der Waals surface area contributed by atoms with E-state index in [1.54, 1.807) is 0 Å². The van der Waals surface area contributed by atoms with E-state index in [-0.39, 0.29) is 18.1 Å². The predicted octanol–water partition coefficient (Wildman–Crippen LogP) is 1.27. The van der Waals surface area contributed by atoms with E-state index in [9.17, 15) is 4.79 Å². The van der Waals surface area contributed by atoms with E-state index < -0.39 is 5.97 Å². The molecule has 0 unspecified atom stereocenters. The fourth-order valence-corrected chi connectivity index (χ4v) is 1.61. The molecule has 0 amide bonds. The summed E-state index contributed by atoms with van der Waals surface area (Å²) in [7, 11) is 0. The van der Waals surface area contributed by atoms with E-state index in [1.165, 1.54) is 0 Å². The van der Waals surface area contributed by atoms with Crippen LogP contribution in [-0.4, -0.2) is 23.3 Å². The average Bonchev–Trinajstić information content (AvgIpc) is 1.85. The number of hydrogen-bond donors (Lipinski definition) is 1. The van der Waals surface area contributed by atoms with Crippen LogP contribution in [-0.2, 0) is 9.53 Å². The van der Waals surface area contributed by atoms with Gasteiger partial charge in [-0.15, -0.1) is 0 Å². The minimum atomic E-state index is -0.688. The zero-order valence-electron chi connectivity index (χ0n) is 6.91. The molecule has 11 heavy (non-hydrogen) atoms. The summed E-state index contributed by atoms with van der Waals surface area (Å²) < 4.78 is 5.40. The van der Waals surface area contributed by atoms with E-state index in [1.807, 2.05) is 13.8 Å². The van der Waals surface area contributed by atoms with Gasteiger partial charge in [0.15, 0.2) is 0 Å². The van der Waals surface area contributed by atoms with Crippen LogP contribution in [0.1, 0.15) is 26.7 Å². The number of carboxylic acids is 1. The molecule has 1 aliphatic heterocycles. The maximum absolute atomic E-state index is 10.6. The highest BCUT2D eigenvalue weighted by Gasteiger charge is 2.28. The van der Waals surface area contributed by atoms with Crippen LogP contribution >= 0.6 is 0 Å². The maximum atomic E-state index is 10.6. The van der Waals surface area contributed by atoms with Gasteiger partial charge in [-0.1, -0.05) is 0 Å². The van der Waals surface area contributed by atoms with Crippen LogP contribution in [0, 0.1) is 5.92 Å². The first-order chi connectivity index (χ1) is 5.09. The largest absolute Gasteiger partial charge is 0.481 e. The van der Waals surface area contributed by atoms with Crippen LogP contribution in [0.15, 0.2) is 0 Å². The van der Waals surface area contributed by atoms with Gasteiger partial charge in [-0.3, -0.25) is 4.79 Å². The Morgan fingerprint density at radius 1 is 1.36 bits per heavy atom. The SMILES string of the molecule is C[C@@H]1C[C@@H](C(=O)O)C[C@H](C)O1. The summed E-state index contributed by atoms with van der Waals surface area (Å²) >= 11 is 0. The van der Waals surface area contributed by atoms with Crippen molar-refractivity contribution in [1.29, 1.82) is 0 Å². The first kappa shape index (κ1) is 8.53. The van der Waals surface area contributed by atoms with Crippen molar-refractivity contribution in [2.24, 2.45) is 5.92 Å². The first-order valence-corrected chi connectivity index (χ1v) is 3.98. The standard InChI is InChI=1S/C8H14O3/c1-5-3-7(8(9)10)4-6(2)11-5/h5-7H,3-4H2,1-2H3,(H,9,10)/t5-,6+,7-. The average molecular weight is 158 g/mol. The molecule has 3 nitrogen and oxygen atoms in total. The Balaban J connectivity index is 2.49. The van der Waals surface area contributed by atoms with Crippen molar-refractivity contribution < 1.29 is 14.6 Å². The number of carboxylic acid groups (broad SMARTS) is 1. The van der Waals surface area contributed by atoms with Crippen molar-refractivity contribution in [3.05, 3.63) is 0 Å². The fraction of sp³-hybridized carbons (Fsp3) is 0.875. The molecule has 0 aromatic carbocycles. The molecule has 64 valence electrons. The second-order valence-electron chi connectivity index (χ2n) is 3.26. The fourth-order valence-electron chi connectivity index (χ4n) is 1.61. The third-order valence-electron chi connectivity index (χ3n) is 2.05. The second kappa shape index (κ2) is 3.22. The number of hydrogen-bond acceptors (Lipinski definition) is 2. The van der Waals surface area contributed by atoms with Crippen LogP contribution in [0.3, 0.4) is 0 Å². The lowest BCUT2D eigenvalue weighted by Crippen LogP contribution is -2.33. The predicted molar refractivity (Wildman–Crippen MR) is 40.4 cm³/mol.